The maximum atomic E-state index is 11.6. The number of nitrogens with zero attached hydrogens (tertiary/aromatic N) is 2. The number of morpholine rings is 1. The molecule has 164 valence electrons. The van der Waals surface area contributed by atoms with Crippen LogP contribution in [-0.2, 0) is 21.3 Å². The van der Waals surface area contributed by atoms with Crippen molar-refractivity contribution in [1.82, 2.24) is 10.2 Å². The van der Waals surface area contributed by atoms with Gasteiger partial charge in [0, 0.05) is 13.1 Å². The van der Waals surface area contributed by atoms with E-state index >= 15 is 0 Å². The molecule has 1 unspecified atom stereocenters. The van der Waals surface area contributed by atoms with Crippen LogP contribution >= 0.6 is 24.0 Å². The molecule has 2 aromatic rings. The van der Waals surface area contributed by atoms with Crippen molar-refractivity contribution in [3.63, 3.8) is 0 Å². The number of aryl methyl sites for hydroxylation is 1. The van der Waals surface area contributed by atoms with Gasteiger partial charge >= 0.3 is 0 Å². The highest BCUT2D eigenvalue weighted by Gasteiger charge is 2.25. The maximum Gasteiger partial charge on any atom is 0.238 e. The van der Waals surface area contributed by atoms with E-state index in [4.69, 9.17) is 14.9 Å². The van der Waals surface area contributed by atoms with Gasteiger partial charge in [0.15, 0.2) is 5.96 Å². The predicted molar refractivity (Wildman–Crippen MR) is 129 cm³/mol. The fraction of sp³-hybridized carbons (Fsp3) is 0.381. The molecule has 7 nitrogen and oxygen atoms in total. The van der Waals surface area contributed by atoms with Gasteiger partial charge in [0.1, 0.15) is 6.10 Å². The summed E-state index contributed by atoms with van der Waals surface area (Å²) in [6.07, 6.45) is -0.0143. The fourth-order valence-corrected chi connectivity index (χ4v) is 3.97. The van der Waals surface area contributed by atoms with Crippen molar-refractivity contribution < 1.29 is 13.2 Å². The lowest BCUT2D eigenvalue weighted by atomic mass is 10.0. The molecular weight excluding hydrogens is 515 g/mol. The molecular formula is C21H29IN4O3S. The Kier molecular flexibility index (Phi) is 9.08. The normalized spacial score (nSPS) is 17.4. The van der Waals surface area contributed by atoms with Crippen LogP contribution in [0.4, 0.5) is 0 Å². The van der Waals surface area contributed by atoms with Gasteiger partial charge in [-0.3, -0.25) is 0 Å². The van der Waals surface area contributed by atoms with Gasteiger partial charge in [0.2, 0.25) is 10.0 Å². The van der Waals surface area contributed by atoms with Crippen molar-refractivity contribution in [1.29, 1.82) is 0 Å². The molecule has 0 radical (unpaired) electrons. The Morgan fingerprint density at radius 3 is 2.73 bits per heavy atom. The minimum Gasteiger partial charge on any atom is -0.370 e. The smallest absolute Gasteiger partial charge is 0.238 e. The van der Waals surface area contributed by atoms with E-state index in [-0.39, 0.29) is 35.0 Å². The third-order valence-electron chi connectivity index (χ3n) is 4.87. The van der Waals surface area contributed by atoms with Crippen LogP contribution in [0.25, 0.3) is 0 Å². The van der Waals surface area contributed by atoms with E-state index < -0.39 is 10.0 Å². The summed E-state index contributed by atoms with van der Waals surface area (Å²) < 4.78 is 29.2. The zero-order chi connectivity index (χ0) is 20.9. The van der Waals surface area contributed by atoms with Crippen molar-refractivity contribution in [3.05, 3.63) is 65.2 Å². The summed E-state index contributed by atoms with van der Waals surface area (Å²) in [5, 5.41) is 8.56. The van der Waals surface area contributed by atoms with Crippen LogP contribution in [-0.4, -0.2) is 45.5 Å². The summed E-state index contributed by atoms with van der Waals surface area (Å²) in [5.41, 5.74) is 3.19. The number of rotatable bonds is 5. The van der Waals surface area contributed by atoms with E-state index in [0.29, 0.717) is 19.7 Å². The highest BCUT2D eigenvalue weighted by Crippen LogP contribution is 2.25. The number of halogens is 1. The van der Waals surface area contributed by atoms with E-state index in [1.807, 2.05) is 25.1 Å². The average molecular weight is 544 g/mol. The largest absolute Gasteiger partial charge is 0.370 e. The van der Waals surface area contributed by atoms with Crippen LogP contribution in [0.2, 0.25) is 0 Å². The quantitative estimate of drug-likeness (QED) is 0.343. The number of nitrogens with two attached hydrogens (primary N) is 1. The maximum absolute atomic E-state index is 11.6. The Balaban J connectivity index is 0.00000320. The highest BCUT2D eigenvalue weighted by molar-refractivity contribution is 14.0. The summed E-state index contributed by atoms with van der Waals surface area (Å²) >= 11 is 0. The summed E-state index contributed by atoms with van der Waals surface area (Å²) in [4.78, 5) is 7.01. The first-order chi connectivity index (χ1) is 13.9. The SMILES string of the molecule is CCNC(=NCc1cccc(S(N)(=O)=O)c1)N1CCOC(c2ccccc2C)C1.I. The third kappa shape index (κ3) is 6.40. The Bertz CT molecular complexity index is 982. The first-order valence-electron chi connectivity index (χ1n) is 9.70. The predicted octanol–water partition coefficient (Wildman–Crippen LogP) is 2.80. The minimum atomic E-state index is -3.73. The summed E-state index contributed by atoms with van der Waals surface area (Å²) in [5.74, 6) is 0.787. The van der Waals surface area contributed by atoms with Gasteiger partial charge < -0.3 is 15.0 Å². The summed E-state index contributed by atoms with van der Waals surface area (Å²) in [6.45, 7) is 7.27. The van der Waals surface area contributed by atoms with E-state index in [0.717, 1.165) is 24.6 Å². The van der Waals surface area contributed by atoms with Crippen LogP contribution < -0.4 is 10.5 Å². The zero-order valence-corrected chi connectivity index (χ0v) is 20.4. The number of hydrogen-bond donors (Lipinski definition) is 2. The molecule has 1 aliphatic rings. The van der Waals surface area contributed by atoms with Crippen LogP contribution in [0.5, 0.6) is 0 Å². The van der Waals surface area contributed by atoms with E-state index in [2.05, 4.69) is 29.3 Å². The van der Waals surface area contributed by atoms with Crippen LogP contribution in [0.1, 0.15) is 29.7 Å². The van der Waals surface area contributed by atoms with Crippen LogP contribution in [0.15, 0.2) is 58.4 Å². The molecule has 0 bridgehead atoms. The second kappa shape index (κ2) is 11.1. The van der Waals surface area contributed by atoms with Gasteiger partial charge in [-0.05, 0) is 42.7 Å². The van der Waals surface area contributed by atoms with Gasteiger partial charge in [-0.1, -0.05) is 36.4 Å². The fourth-order valence-electron chi connectivity index (χ4n) is 3.39. The molecule has 9 heteroatoms. The Morgan fingerprint density at radius 2 is 2.03 bits per heavy atom. The van der Waals surface area contributed by atoms with Crippen molar-refractivity contribution in [3.8, 4) is 0 Å². The standard InChI is InChI=1S/C21H28N4O3S.HI/c1-3-23-21(24-14-17-8-6-9-18(13-17)29(22,26)27)25-11-12-28-20(15-25)19-10-5-4-7-16(19)2;/h4-10,13,20H,3,11-12,14-15H2,1-2H3,(H,23,24)(H2,22,26,27);1H. The molecule has 0 aromatic heterocycles. The Hall–Kier alpha value is -1.69. The molecule has 1 saturated heterocycles. The molecule has 1 fully saturated rings. The van der Waals surface area contributed by atoms with Gasteiger partial charge in [-0.25, -0.2) is 18.5 Å². The molecule has 2 aromatic carbocycles. The van der Waals surface area contributed by atoms with E-state index in [9.17, 15) is 8.42 Å². The topological polar surface area (TPSA) is 97.0 Å². The first kappa shape index (κ1) is 24.6. The number of aliphatic imine (C=N–C) groups is 1. The number of hydrogen-bond acceptors (Lipinski definition) is 4. The number of sulfonamides is 1. The third-order valence-corrected chi connectivity index (χ3v) is 5.79. The summed E-state index contributed by atoms with van der Waals surface area (Å²) in [7, 11) is -3.73. The summed E-state index contributed by atoms with van der Waals surface area (Å²) in [6, 6.07) is 14.8. The minimum absolute atomic E-state index is 0. The van der Waals surface area contributed by atoms with E-state index in [1.54, 1.807) is 12.1 Å². The van der Waals surface area contributed by atoms with Gasteiger partial charge in [-0.15, -0.1) is 24.0 Å². The first-order valence-corrected chi connectivity index (χ1v) is 11.2. The highest BCUT2D eigenvalue weighted by atomic mass is 127. The number of guanidine groups is 1. The van der Waals surface area contributed by atoms with Crippen LogP contribution in [0.3, 0.4) is 0 Å². The lowest BCUT2D eigenvalue weighted by Crippen LogP contribution is -2.48. The molecule has 0 spiro atoms. The molecule has 3 rings (SSSR count). The Labute approximate surface area is 195 Å². The van der Waals surface area contributed by atoms with Gasteiger partial charge in [-0.2, -0.15) is 0 Å². The van der Waals surface area contributed by atoms with Gasteiger partial charge in [0.25, 0.3) is 0 Å². The second-order valence-electron chi connectivity index (χ2n) is 7.02. The lowest BCUT2D eigenvalue weighted by molar-refractivity contribution is -0.00834. The average Bonchev–Trinajstić information content (AvgIpc) is 2.71. The van der Waals surface area contributed by atoms with Crippen molar-refractivity contribution in [2.24, 2.45) is 10.1 Å². The molecule has 0 amide bonds. The second-order valence-corrected chi connectivity index (χ2v) is 8.59. The van der Waals surface area contributed by atoms with Gasteiger partial charge in [0.05, 0.1) is 24.6 Å². The number of nitrogens with one attached hydrogen (secondary N) is 1. The zero-order valence-electron chi connectivity index (χ0n) is 17.2. The van der Waals surface area contributed by atoms with Crippen LogP contribution in [0, 0.1) is 6.92 Å². The molecule has 1 heterocycles. The monoisotopic (exact) mass is 544 g/mol. The molecule has 30 heavy (non-hydrogen) atoms. The van der Waals surface area contributed by atoms with Crippen molar-refractivity contribution in [2.75, 3.05) is 26.2 Å². The number of benzene rings is 2. The van der Waals surface area contributed by atoms with Crippen molar-refractivity contribution in [2.45, 2.75) is 31.4 Å². The molecule has 1 atom stereocenters. The molecule has 0 saturated carbocycles. The Morgan fingerprint density at radius 1 is 1.27 bits per heavy atom. The molecule has 1 aliphatic heterocycles. The van der Waals surface area contributed by atoms with E-state index in [1.165, 1.54) is 17.2 Å². The number of ether oxygens (including phenoxy) is 1. The number of primary sulfonamides is 1. The molecule has 0 aliphatic carbocycles. The molecule has 3 N–H and O–H groups in total. The lowest BCUT2D eigenvalue weighted by Gasteiger charge is -2.35. The van der Waals surface area contributed by atoms with Crippen molar-refractivity contribution >= 4 is 40.0 Å².